The van der Waals surface area contributed by atoms with Crippen LogP contribution >= 0.6 is 0 Å². The van der Waals surface area contributed by atoms with Gasteiger partial charge in [0, 0.05) is 35.7 Å². The summed E-state index contributed by atoms with van der Waals surface area (Å²) in [6.45, 7) is 14.9. The summed E-state index contributed by atoms with van der Waals surface area (Å²) in [6.07, 6.45) is 3.61. The van der Waals surface area contributed by atoms with Crippen molar-refractivity contribution in [3.05, 3.63) is 55.3 Å². The van der Waals surface area contributed by atoms with Gasteiger partial charge in [0.05, 0.1) is 25.2 Å². The van der Waals surface area contributed by atoms with Crippen molar-refractivity contribution in [1.29, 1.82) is 0 Å². The van der Waals surface area contributed by atoms with E-state index < -0.39 is 62.0 Å². The predicted octanol–water partition coefficient (Wildman–Crippen LogP) is 4.93. The van der Waals surface area contributed by atoms with Gasteiger partial charge < -0.3 is 34.2 Å². The van der Waals surface area contributed by atoms with Gasteiger partial charge in [0.2, 0.25) is 21.8 Å². The molecule has 2 saturated carbocycles. The van der Waals surface area contributed by atoms with Crippen molar-refractivity contribution in [2.75, 3.05) is 20.2 Å². The number of carbonyl (C=O) groups is 3. The van der Waals surface area contributed by atoms with Crippen molar-refractivity contribution < 1.29 is 41.4 Å². The normalized spacial score (nSPS) is 23.4. The predicted molar refractivity (Wildman–Crippen MR) is 202 cm³/mol. The number of likely N-dealkylation sites (tertiary alicyclic amines) is 1. The zero-order valence-corrected chi connectivity index (χ0v) is 32.7. The smallest absolute Gasteiger partial charge is 0.408 e. The third-order valence-electron chi connectivity index (χ3n) is 10.1. The van der Waals surface area contributed by atoms with Gasteiger partial charge in [0.1, 0.15) is 23.3 Å². The minimum atomic E-state index is -3.79. The zero-order chi connectivity index (χ0) is 39.2. The first-order valence-electron chi connectivity index (χ1n) is 18.3. The van der Waals surface area contributed by atoms with E-state index in [1.165, 1.54) is 0 Å². The maximum atomic E-state index is 14.6. The van der Waals surface area contributed by atoms with E-state index in [-0.39, 0.29) is 24.9 Å². The van der Waals surface area contributed by atoms with E-state index in [0.717, 1.165) is 5.39 Å². The molecule has 292 valence electrons. The first-order chi connectivity index (χ1) is 25.4. The monoisotopic (exact) mass is 765 g/mol. The standard InChI is InChI=1S/C39H51N5O9S/c1-9-23-20-39(23,35(46)43-54(48,49)26-16-17-26)40-21-24-19-25(22-44(24)34(45)32(37(2,3)4)42-36(47)53-38(5,6)7)52-33-28-14-11-10-13-27(28)31(50-8)30(41-33)29-15-12-18-51-29/h9-15,18,23-26,32,40H,1,16-17,19-22H2,2-8H3,(H,42,47)(H,43,46)/t23?,24-,25+,32+,39+/m0/s1. The van der Waals surface area contributed by atoms with Crippen molar-refractivity contribution in [2.24, 2.45) is 11.3 Å². The number of nitrogens with one attached hydrogen (secondary N) is 3. The van der Waals surface area contributed by atoms with E-state index in [2.05, 4.69) is 21.9 Å². The molecule has 15 heteroatoms. The summed E-state index contributed by atoms with van der Waals surface area (Å²) in [7, 11) is -2.23. The number of ether oxygens (including phenoxy) is 3. The number of alkyl carbamates (subject to hydrolysis) is 1. The Bertz CT molecular complexity index is 2020. The van der Waals surface area contributed by atoms with E-state index in [4.69, 9.17) is 23.6 Å². The SMILES string of the molecule is C=CC1C[C@]1(NC[C@@H]1C[C@@H](Oc2nc(-c3ccco3)c(OC)c3ccccc23)CN1C(=O)[C@@H](NC(=O)OC(C)(C)C)C(C)(C)C)C(=O)NS(=O)(=O)C1CC1. The molecule has 1 aromatic carbocycles. The number of hydrogen-bond donors (Lipinski definition) is 3. The molecule has 2 aliphatic carbocycles. The molecule has 3 N–H and O–H groups in total. The van der Waals surface area contributed by atoms with Crippen LogP contribution in [0.5, 0.6) is 11.6 Å². The second-order valence-electron chi connectivity index (χ2n) is 16.5. The number of rotatable bonds is 13. The third kappa shape index (κ3) is 8.21. The van der Waals surface area contributed by atoms with Crippen LogP contribution in [-0.4, -0.2) is 91.0 Å². The van der Waals surface area contributed by atoms with Crippen LogP contribution in [0.1, 0.15) is 67.2 Å². The first kappa shape index (κ1) is 39.1. The van der Waals surface area contributed by atoms with Gasteiger partial charge in [-0.05, 0) is 63.6 Å². The number of furan rings is 1. The fraction of sp³-hybridized carbons (Fsp3) is 0.538. The molecule has 1 saturated heterocycles. The van der Waals surface area contributed by atoms with Gasteiger partial charge >= 0.3 is 6.09 Å². The van der Waals surface area contributed by atoms with Crippen LogP contribution in [0.2, 0.25) is 0 Å². The van der Waals surface area contributed by atoms with E-state index in [1.807, 2.05) is 45.0 Å². The molecule has 3 aromatic rings. The van der Waals surface area contributed by atoms with Gasteiger partial charge in [-0.1, -0.05) is 45.0 Å². The highest BCUT2D eigenvalue weighted by atomic mass is 32.2. The van der Waals surface area contributed by atoms with Gasteiger partial charge in [0.25, 0.3) is 5.91 Å². The molecule has 1 aliphatic heterocycles. The Kier molecular flexibility index (Phi) is 10.5. The molecule has 0 bridgehead atoms. The third-order valence-corrected chi connectivity index (χ3v) is 11.9. The van der Waals surface area contributed by atoms with Crippen molar-refractivity contribution in [2.45, 2.75) is 102 Å². The fourth-order valence-corrected chi connectivity index (χ4v) is 8.37. The zero-order valence-electron chi connectivity index (χ0n) is 31.9. The van der Waals surface area contributed by atoms with Gasteiger partial charge in [-0.3, -0.25) is 14.3 Å². The highest BCUT2D eigenvalue weighted by molar-refractivity contribution is 7.91. The van der Waals surface area contributed by atoms with Crippen LogP contribution in [0.3, 0.4) is 0 Å². The molecule has 3 fully saturated rings. The number of benzene rings is 1. The van der Waals surface area contributed by atoms with Crippen LogP contribution < -0.4 is 24.8 Å². The maximum Gasteiger partial charge on any atom is 0.408 e. The van der Waals surface area contributed by atoms with Crippen molar-refractivity contribution in [3.8, 4) is 23.1 Å². The summed E-state index contributed by atoms with van der Waals surface area (Å²) in [5.74, 6) is 0.0199. The number of amides is 3. The van der Waals surface area contributed by atoms with Crippen LogP contribution in [0.15, 0.2) is 59.7 Å². The van der Waals surface area contributed by atoms with Crippen LogP contribution in [-0.2, 0) is 24.3 Å². The molecule has 0 spiro atoms. The number of fused-ring (bicyclic) bond motifs is 1. The molecule has 0 radical (unpaired) electrons. The van der Waals surface area contributed by atoms with Gasteiger partial charge in [0.15, 0.2) is 17.2 Å². The van der Waals surface area contributed by atoms with E-state index in [9.17, 15) is 22.8 Å². The Labute approximate surface area is 316 Å². The van der Waals surface area contributed by atoms with Crippen molar-refractivity contribution in [3.63, 3.8) is 0 Å². The number of hydrogen-bond acceptors (Lipinski definition) is 11. The summed E-state index contributed by atoms with van der Waals surface area (Å²) in [5, 5.41) is 7.02. The molecule has 54 heavy (non-hydrogen) atoms. The van der Waals surface area contributed by atoms with E-state index in [1.54, 1.807) is 57.3 Å². The number of sulfonamides is 1. The second-order valence-corrected chi connectivity index (χ2v) is 18.4. The van der Waals surface area contributed by atoms with Crippen molar-refractivity contribution >= 4 is 38.7 Å². The minimum Gasteiger partial charge on any atom is -0.494 e. The Morgan fingerprint density at radius 3 is 2.37 bits per heavy atom. The second kappa shape index (κ2) is 14.5. The van der Waals surface area contributed by atoms with Gasteiger partial charge in [-0.25, -0.2) is 18.2 Å². The Morgan fingerprint density at radius 1 is 1.09 bits per heavy atom. The lowest BCUT2D eigenvalue weighted by molar-refractivity contribution is -0.137. The Hall–Kier alpha value is -4.63. The molecular weight excluding hydrogens is 715 g/mol. The maximum absolute atomic E-state index is 14.6. The van der Waals surface area contributed by atoms with Gasteiger partial charge in [-0.2, -0.15) is 0 Å². The summed E-state index contributed by atoms with van der Waals surface area (Å²) < 4.78 is 51.5. The highest BCUT2D eigenvalue weighted by Crippen LogP contribution is 2.46. The molecule has 3 aliphatic rings. The highest BCUT2D eigenvalue weighted by Gasteiger charge is 2.60. The Morgan fingerprint density at radius 2 is 1.80 bits per heavy atom. The Balaban J connectivity index is 1.31. The van der Waals surface area contributed by atoms with Crippen LogP contribution in [0.25, 0.3) is 22.2 Å². The van der Waals surface area contributed by atoms with E-state index in [0.29, 0.717) is 54.2 Å². The van der Waals surface area contributed by atoms with Gasteiger partial charge in [-0.15, -0.1) is 6.58 Å². The van der Waals surface area contributed by atoms with Crippen LogP contribution in [0, 0.1) is 11.3 Å². The summed E-state index contributed by atoms with van der Waals surface area (Å²) in [6, 6.07) is 9.56. The largest absolute Gasteiger partial charge is 0.494 e. The summed E-state index contributed by atoms with van der Waals surface area (Å²) in [4.78, 5) is 47.7. The average Bonchev–Trinajstić information content (AvgIpc) is 3.98. The quantitative estimate of drug-likeness (QED) is 0.201. The number of methoxy groups -OCH3 is 1. The fourth-order valence-electron chi connectivity index (χ4n) is 7.00. The number of pyridine rings is 1. The molecule has 2 aromatic heterocycles. The summed E-state index contributed by atoms with van der Waals surface area (Å²) >= 11 is 0. The first-order valence-corrected chi connectivity index (χ1v) is 19.8. The molecule has 1 unspecified atom stereocenters. The van der Waals surface area contributed by atoms with E-state index >= 15 is 0 Å². The van der Waals surface area contributed by atoms with Crippen LogP contribution in [0.4, 0.5) is 4.79 Å². The molecular formula is C39H51N5O9S. The number of carbonyl (C=O) groups excluding carboxylic acids is 3. The molecule has 3 heterocycles. The summed E-state index contributed by atoms with van der Waals surface area (Å²) in [5.41, 5.74) is -2.26. The lowest BCUT2D eigenvalue weighted by Gasteiger charge is -2.36. The molecule has 14 nitrogen and oxygen atoms in total. The molecule has 6 rings (SSSR count). The molecule has 3 amide bonds. The minimum absolute atomic E-state index is 0.130. The van der Waals surface area contributed by atoms with Crippen molar-refractivity contribution in [1.82, 2.24) is 25.2 Å². The number of aromatic nitrogens is 1. The average molecular weight is 766 g/mol. The lowest BCUT2D eigenvalue weighted by Crippen LogP contribution is -2.58. The lowest BCUT2D eigenvalue weighted by atomic mass is 9.85. The molecule has 5 atom stereocenters. The topological polar surface area (TPSA) is 178 Å². The number of nitrogens with zero attached hydrogens (tertiary/aromatic N) is 2.